The van der Waals surface area contributed by atoms with Crippen molar-refractivity contribution in [3.05, 3.63) is 24.3 Å². The first kappa shape index (κ1) is 14.4. The van der Waals surface area contributed by atoms with E-state index in [9.17, 15) is 9.59 Å². The van der Waals surface area contributed by atoms with Crippen LogP contribution in [0.1, 0.15) is 32.1 Å². The Kier molecular flexibility index (Phi) is 4.98. The van der Waals surface area contributed by atoms with Gasteiger partial charge in [-0.2, -0.15) is 0 Å². The van der Waals surface area contributed by atoms with Crippen molar-refractivity contribution >= 4 is 17.5 Å². The third kappa shape index (κ3) is 3.98. The Bertz CT molecular complexity index is 482. The second kappa shape index (κ2) is 6.93. The van der Waals surface area contributed by atoms with E-state index in [1.165, 1.54) is 0 Å². The Labute approximate surface area is 118 Å². The first-order chi connectivity index (χ1) is 9.66. The minimum Gasteiger partial charge on any atom is -0.491 e. The molecule has 2 rings (SSSR count). The Balaban J connectivity index is 1.96. The van der Waals surface area contributed by atoms with Crippen molar-refractivity contribution in [2.45, 2.75) is 32.1 Å². The van der Waals surface area contributed by atoms with Gasteiger partial charge in [-0.05, 0) is 25.0 Å². The van der Waals surface area contributed by atoms with Crippen LogP contribution in [-0.4, -0.2) is 18.4 Å². The molecule has 1 aliphatic rings. The van der Waals surface area contributed by atoms with E-state index in [1.807, 2.05) is 12.1 Å². The van der Waals surface area contributed by atoms with Gasteiger partial charge in [0.1, 0.15) is 5.75 Å². The number of hydrogen-bond acceptors (Lipinski definition) is 3. The second-order valence-electron chi connectivity index (χ2n) is 5.03. The van der Waals surface area contributed by atoms with E-state index in [0.29, 0.717) is 11.4 Å². The molecule has 0 heterocycles. The molecule has 2 amide bonds. The molecule has 5 heteroatoms. The maximum atomic E-state index is 12.1. The summed E-state index contributed by atoms with van der Waals surface area (Å²) >= 11 is 0. The SMILES string of the molecule is NC(=O)CCOc1ccccc1NC(=O)C1CCCC1. The number of ether oxygens (including phenoxy) is 1. The molecule has 1 fully saturated rings. The number of benzene rings is 1. The zero-order valence-corrected chi connectivity index (χ0v) is 11.4. The fourth-order valence-corrected chi connectivity index (χ4v) is 2.38. The van der Waals surface area contributed by atoms with Crippen molar-refractivity contribution in [2.75, 3.05) is 11.9 Å². The summed E-state index contributed by atoms with van der Waals surface area (Å²) in [6.45, 7) is 0.214. The molecule has 0 radical (unpaired) electrons. The molecular weight excluding hydrogens is 256 g/mol. The first-order valence-electron chi connectivity index (χ1n) is 6.98. The van der Waals surface area contributed by atoms with Crippen LogP contribution >= 0.6 is 0 Å². The zero-order chi connectivity index (χ0) is 14.4. The summed E-state index contributed by atoms with van der Waals surface area (Å²) < 4.78 is 5.50. The minimum atomic E-state index is -0.405. The third-order valence-corrected chi connectivity index (χ3v) is 3.48. The lowest BCUT2D eigenvalue weighted by Crippen LogP contribution is -2.21. The molecule has 108 valence electrons. The maximum Gasteiger partial charge on any atom is 0.227 e. The van der Waals surface area contributed by atoms with Crippen LogP contribution in [0.25, 0.3) is 0 Å². The van der Waals surface area contributed by atoms with Gasteiger partial charge in [-0.3, -0.25) is 9.59 Å². The van der Waals surface area contributed by atoms with Crippen molar-refractivity contribution < 1.29 is 14.3 Å². The van der Waals surface area contributed by atoms with Crippen molar-refractivity contribution in [1.82, 2.24) is 0 Å². The van der Waals surface area contributed by atoms with Crippen LogP contribution in [0.5, 0.6) is 5.75 Å². The fourth-order valence-electron chi connectivity index (χ4n) is 2.38. The van der Waals surface area contributed by atoms with Crippen LogP contribution in [0.3, 0.4) is 0 Å². The standard InChI is InChI=1S/C15H20N2O3/c16-14(18)9-10-20-13-8-4-3-7-12(13)17-15(19)11-5-1-2-6-11/h3-4,7-8,11H,1-2,5-6,9-10H2,(H2,16,18)(H,17,19). The number of primary amides is 1. The van der Waals surface area contributed by atoms with Gasteiger partial charge in [-0.25, -0.2) is 0 Å². The summed E-state index contributed by atoms with van der Waals surface area (Å²) in [6, 6.07) is 7.23. The second-order valence-corrected chi connectivity index (χ2v) is 5.03. The van der Waals surface area contributed by atoms with E-state index in [1.54, 1.807) is 12.1 Å². The summed E-state index contributed by atoms with van der Waals surface area (Å²) in [5.74, 6) is 0.319. The maximum absolute atomic E-state index is 12.1. The molecule has 5 nitrogen and oxygen atoms in total. The van der Waals surface area contributed by atoms with Crippen LogP contribution in [-0.2, 0) is 9.59 Å². The van der Waals surface area contributed by atoms with Gasteiger partial charge in [0.2, 0.25) is 11.8 Å². The Hall–Kier alpha value is -2.04. The topological polar surface area (TPSA) is 81.4 Å². The van der Waals surface area contributed by atoms with Crippen LogP contribution in [0.2, 0.25) is 0 Å². The molecule has 0 aromatic heterocycles. The van der Waals surface area contributed by atoms with Crippen LogP contribution in [0, 0.1) is 5.92 Å². The minimum absolute atomic E-state index is 0.0495. The third-order valence-electron chi connectivity index (χ3n) is 3.48. The summed E-state index contributed by atoms with van der Waals surface area (Å²) in [4.78, 5) is 22.8. The molecule has 1 aliphatic carbocycles. The summed E-state index contributed by atoms with van der Waals surface area (Å²) in [5, 5.41) is 2.91. The fraction of sp³-hybridized carbons (Fsp3) is 0.467. The summed E-state index contributed by atoms with van der Waals surface area (Å²) in [5.41, 5.74) is 5.72. The first-order valence-corrected chi connectivity index (χ1v) is 6.98. The van der Waals surface area contributed by atoms with E-state index in [0.717, 1.165) is 25.7 Å². The van der Waals surface area contributed by atoms with Crippen LogP contribution < -0.4 is 15.8 Å². The Morgan fingerprint density at radius 3 is 2.65 bits per heavy atom. The number of carbonyl (C=O) groups excluding carboxylic acids is 2. The summed E-state index contributed by atoms with van der Waals surface area (Å²) in [6.07, 6.45) is 4.31. The molecule has 3 N–H and O–H groups in total. The van der Waals surface area contributed by atoms with Gasteiger partial charge >= 0.3 is 0 Å². The monoisotopic (exact) mass is 276 g/mol. The molecule has 0 bridgehead atoms. The van der Waals surface area contributed by atoms with Gasteiger partial charge in [-0.1, -0.05) is 25.0 Å². The normalized spacial score (nSPS) is 15.0. The molecule has 1 aromatic rings. The van der Waals surface area contributed by atoms with Gasteiger partial charge in [0.05, 0.1) is 18.7 Å². The van der Waals surface area contributed by atoms with Gasteiger partial charge in [0, 0.05) is 5.92 Å². The quantitative estimate of drug-likeness (QED) is 0.834. The zero-order valence-electron chi connectivity index (χ0n) is 11.4. The number of anilines is 1. The predicted octanol–water partition coefficient (Wildman–Crippen LogP) is 2.07. The number of amides is 2. The Morgan fingerprint density at radius 2 is 1.95 bits per heavy atom. The molecular formula is C15H20N2O3. The lowest BCUT2D eigenvalue weighted by molar-refractivity contribution is -0.120. The average molecular weight is 276 g/mol. The van der Waals surface area contributed by atoms with Crippen molar-refractivity contribution in [1.29, 1.82) is 0 Å². The van der Waals surface area contributed by atoms with Gasteiger partial charge in [0.25, 0.3) is 0 Å². The van der Waals surface area contributed by atoms with E-state index < -0.39 is 5.91 Å². The van der Waals surface area contributed by atoms with E-state index in [2.05, 4.69) is 5.32 Å². The van der Waals surface area contributed by atoms with E-state index in [4.69, 9.17) is 10.5 Å². The molecule has 0 spiro atoms. The van der Waals surface area contributed by atoms with Gasteiger partial charge in [-0.15, -0.1) is 0 Å². The molecule has 0 aliphatic heterocycles. The Morgan fingerprint density at radius 1 is 1.25 bits per heavy atom. The molecule has 0 atom stereocenters. The van der Waals surface area contributed by atoms with Crippen molar-refractivity contribution in [2.24, 2.45) is 11.7 Å². The predicted molar refractivity (Wildman–Crippen MR) is 76.3 cm³/mol. The summed E-state index contributed by atoms with van der Waals surface area (Å²) in [7, 11) is 0. The highest BCUT2D eigenvalue weighted by Gasteiger charge is 2.23. The average Bonchev–Trinajstić information content (AvgIpc) is 2.94. The number of hydrogen-bond donors (Lipinski definition) is 2. The number of rotatable bonds is 6. The van der Waals surface area contributed by atoms with Crippen LogP contribution in [0.4, 0.5) is 5.69 Å². The van der Waals surface area contributed by atoms with Gasteiger partial charge in [0.15, 0.2) is 0 Å². The number of nitrogens with one attached hydrogen (secondary N) is 1. The molecule has 20 heavy (non-hydrogen) atoms. The highest BCUT2D eigenvalue weighted by Crippen LogP contribution is 2.29. The lowest BCUT2D eigenvalue weighted by Gasteiger charge is -2.14. The molecule has 1 aromatic carbocycles. The van der Waals surface area contributed by atoms with E-state index >= 15 is 0 Å². The molecule has 1 saturated carbocycles. The van der Waals surface area contributed by atoms with Crippen molar-refractivity contribution in [3.8, 4) is 5.75 Å². The smallest absolute Gasteiger partial charge is 0.227 e. The van der Waals surface area contributed by atoms with Gasteiger partial charge < -0.3 is 15.8 Å². The largest absolute Gasteiger partial charge is 0.491 e. The number of nitrogens with two attached hydrogens (primary N) is 1. The highest BCUT2D eigenvalue weighted by atomic mass is 16.5. The van der Waals surface area contributed by atoms with E-state index in [-0.39, 0.29) is 24.9 Å². The molecule has 0 saturated heterocycles. The highest BCUT2D eigenvalue weighted by molar-refractivity contribution is 5.94. The van der Waals surface area contributed by atoms with Crippen LogP contribution in [0.15, 0.2) is 24.3 Å². The number of para-hydroxylation sites is 2. The lowest BCUT2D eigenvalue weighted by atomic mass is 10.1. The number of carbonyl (C=O) groups is 2. The molecule has 0 unspecified atom stereocenters. The van der Waals surface area contributed by atoms with Crippen molar-refractivity contribution in [3.63, 3.8) is 0 Å².